The number of methoxy groups -OCH3 is 1. The van der Waals surface area contributed by atoms with Crippen LogP contribution in [0.5, 0.6) is 0 Å². The molecule has 1 atom stereocenters. The Bertz CT molecular complexity index is 275. The Hall–Kier alpha value is -0.673. The van der Waals surface area contributed by atoms with Crippen molar-refractivity contribution in [2.45, 2.75) is 46.3 Å². The second kappa shape index (κ2) is 12.8. The SMILES string of the molecule is CCO[Si](CCCNC(=O)OC(C)COC)(OCC)OCC. The van der Waals surface area contributed by atoms with Crippen molar-refractivity contribution in [1.82, 2.24) is 5.32 Å². The summed E-state index contributed by atoms with van der Waals surface area (Å²) in [5.41, 5.74) is 0. The van der Waals surface area contributed by atoms with Gasteiger partial charge < -0.3 is 28.1 Å². The number of rotatable bonds is 13. The summed E-state index contributed by atoms with van der Waals surface area (Å²) in [7, 11) is -1.06. The molecule has 132 valence electrons. The molecule has 0 aliphatic heterocycles. The Morgan fingerprint density at radius 2 is 1.64 bits per heavy atom. The summed E-state index contributed by atoms with van der Waals surface area (Å²) in [5.74, 6) is 0. The van der Waals surface area contributed by atoms with Gasteiger partial charge in [-0.05, 0) is 34.1 Å². The van der Waals surface area contributed by atoms with Crippen LogP contribution in [0.15, 0.2) is 0 Å². The van der Waals surface area contributed by atoms with Crippen LogP contribution in [0.25, 0.3) is 0 Å². The molecule has 0 spiro atoms. The molecule has 1 unspecified atom stereocenters. The monoisotopic (exact) mass is 337 g/mol. The summed E-state index contributed by atoms with van der Waals surface area (Å²) < 4.78 is 27.3. The lowest BCUT2D eigenvalue weighted by Crippen LogP contribution is -2.46. The van der Waals surface area contributed by atoms with Crippen molar-refractivity contribution < 1.29 is 27.5 Å². The van der Waals surface area contributed by atoms with Crippen LogP contribution in [0.1, 0.15) is 34.1 Å². The van der Waals surface area contributed by atoms with Crippen molar-refractivity contribution in [2.24, 2.45) is 0 Å². The van der Waals surface area contributed by atoms with E-state index in [1.807, 2.05) is 20.8 Å². The van der Waals surface area contributed by atoms with Crippen LogP contribution >= 0.6 is 0 Å². The quantitative estimate of drug-likeness (QED) is 0.410. The highest BCUT2D eigenvalue weighted by atomic mass is 28.4. The standard InChI is InChI=1S/C14H31NO6Si/c1-6-18-22(19-7-2,20-8-3)11-9-10-15-14(16)21-13(4)12-17-5/h13H,6-12H2,1-5H3,(H,15,16). The van der Waals surface area contributed by atoms with Gasteiger partial charge in [0.15, 0.2) is 0 Å². The zero-order valence-corrected chi connectivity index (χ0v) is 15.5. The van der Waals surface area contributed by atoms with E-state index in [1.54, 1.807) is 14.0 Å². The van der Waals surface area contributed by atoms with Gasteiger partial charge in [-0.25, -0.2) is 4.79 Å². The highest BCUT2D eigenvalue weighted by molar-refractivity contribution is 6.60. The number of hydrogen-bond acceptors (Lipinski definition) is 6. The summed E-state index contributed by atoms with van der Waals surface area (Å²) in [5, 5.41) is 2.71. The molecule has 0 radical (unpaired) electrons. The van der Waals surface area contributed by atoms with Crippen molar-refractivity contribution in [1.29, 1.82) is 0 Å². The van der Waals surface area contributed by atoms with Crippen LogP contribution in [-0.2, 0) is 22.8 Å². The second-order valence-electron chi connectivity index (χ2n) is 4.68. The third kappa shape index (κ3) is 9.37. The van der Waals surface area contributed by atoms with Gasteiger partial charge in [-0.3, -0.25) is 0 Å². The van der Waals surface area contributed by atoms with E-state index < -0.39 is 14.9 Å². The maximum Gasteiger partial charge on any atom is 0.500 e. The third-order valence-corrected chi connectivity index (χ3v) is 5.88. The highest BCUT2D eigenvalue weighted by Gasteiger charge is 2.39. The van der Waals surface area contributed by atoms with E-state index >= 15 is 0 Å². The smallest absolute Gasteiger partial charge is 0.444 e. The van der Waals surface area contributed by atoms with Gasteiger partial charge in [0.1, 0.15) is 6.10 Å². The fourth-order valence-electron chi connectivity index (χ4n) is 1.99. The first kappa shape index (κ1) is 21.3. The minimum Gasteiger partial charge on any atom is -0.444 e. The van der Waals surface area contributed by atoms with Crippen LogP contribution in [-0.4, -0.2) is 61.1 Å². The Balaban J connectivity index is 4.13. The van der Waals surface area contributed by atoms with Gasteiger partial charge in [0.25, 0.3) is 0 Å². The molecule has 0 bridgehead atoms. The zero-order chi connectivity index (χ0) is 16.8. The second-order valence-corrected chi connectivity index (χ2v) is 7.42. The average molecular weight is 337 g/mol. The number of alkyl carbamates (subject to hydrolysis) is 1. The predicted molar refractivity (Wildman–Crippen MR) is 85.9 cm³/mol. The molecule has 8 heteroatoms. The predicted octanol–water partition coefficient (Wildman–Crippen LogP) is 2.19. The van der Waals surface area contributed by atoms with Crippen molar-refractivity contribution >= 4 is 14.9 Å². The maximum absolute atomic E-state index is 11.6. The Morgan fingerprint density at radius 3 is 2.09 bits per heavy atom. The van der Waals surface area contributed by atoms with Crippen molar-refractivity contribution in [3.63, 3.8) is 0 Å². The lowest BCUT2D eigenvalue weighted by molar-refractivity contribution is 0.0487. The van der Waals surface area contributed by atoms with Crippen LogP contribution in [0, 0.1) is 0 Å². The topological polar surface area (TPSA) is 75.3 Å². The molecule has 0 aromatic carbocycles. The Morgan fingerprint density at radius 1 is 1.09 bits per heavy atom. The number of hydrogen-bond donors (Lipinski definition) is 1. The molecule has 0 aliphatic carbocycles. The van der Waals surface area contributed by atoms with Crippen LogP contribution < -0.4 is 5.32 Å². The molecule has 0 aromatic rings. The normalized spacial score (nSPS) is 13.0. The molecule has 0 heterocycles. The van der Waals surface area contributed by atoms with E-state index in [9.17, 15) is 4.79 Å². The lowest BCUT2D eigenvalue weighted by atomic mass is 10.4. The van der Waals surface area contributed by atoms with Gasteiger partial charge in [0.05, 0.1) is 6.61 Å². The highest BCUT2D eigenvalue weighted by Crippen LogP contribution is 2.17. The largest absolute Gasteiger partial charge is 0.500 e. The molecular formula is C14H31NO6Si. The number of ether oxygens (including phenoxy) is 2. The maximum atomic E-state index is 11.6. The molecule has 0 saturated heterocycles. The van der Waals surface area contributed by atoms with Crippen LogP contribution in [0.4, 0.5) is 4.79 Å². The van der Waals surface area contributed by atoms with Crippen molar-refractivity contribution in [3.8, 4) is 0 Å². The van der Waals surface area contributed by atoms with E-state index in [0.717, 1.165) is 0 Å². The van der Waals surface area contributed by atoms with E-state index in [1.165, 1.54) is 0 Å². The van der Waals surface area contributed by atoms with Crippen LogP contribution in [0.2, 0.25) is 6.04 Å². The Kier molecular flexibility index (Phi) is 12.4. The first-order chi connectivity index (χ1) is 10.5. The Labute approximate surface area is 135 Å². The lowest BCUT2D eigenvalue weighted by Gasteiger charge is -2.28. The summed E-state index contributed by atoms with van der Waals surface area (Å²) in [6.45, 7) is 10.1. The number of nitrogens with one attached hydrogen (secondary N) is 1. The molecule has 1 amide bonds. The number of carbonyl (C=O) groups excluding carboxylic acids is 1. The molecule has 0 aromatic heterocycles. The van der Waals surface area contributed by atoms with Crippen molar-refractivity contribution in [3.05, 3.63) is 0 Å². The summed E-state index contributed by atoms with van der Waals surface area (Å²) in [4.78, 5) is 11.6. The van der Waals surface area contributed by atoms with Gasteiger partial charge in [-0.1, -0.05) is 0 Å². The van der Waals surface area contributed by atoms with E-state index in [2.05, 4.69) is 5.32 Å². The first-order valence-corrected chi connectivity index (χ1v) is 9.82. The number of carbonyl (C=O) groups is 1. The molecule has 1 N–H and O–H groups in total. The van der Waals surface area contributed by atoms with E-state index in [-0.39, 0.29) is 6.10 Å². The summed E-state index contributed by atoms with van der Waals surface area (Å²) >= 11 is 0. The molecular weight excluding hydrogens is 306 g/mol. The molecule has 0 aliphatic rings. The van der Waals surface area contributed by atoms with Gasteiger partial charge >= 0.3 is 14.9 Å². The third-order valence-electron chi connectivity index (χ3n) is 2.73. The van der Waals surface area contributed by atoms with E-state index in [4.69, 9.17) is 22.8 Å². The van der Waals surface area contributed by atoms with Crippen molar-refractivity contribution in [2.75, 3.05) is 40.1 Å². The number of amides is 1. The molecule has 22 heavy (non-hydrogen) atoms. The molecule has 0 fully saturated rings. The molecule has 7 nitrogen and oxygen atoms in total. The first-order valence-electron chi connectivity index (χ1n) is 7.88. The summed E-state index contributed by atoms with van der Waals surface area (Å²) in [6.07, 6.45) is -0.00485. The summed E-state index contributed by atoms with van der Waals surface area (Å²) in [6, 6.07) is 0.663. The molecule has 0 rings (SSSR count). The van der Waals surface area contributed by atoms with Gasteiger partial charge in [-0.2, -0.15) is 0 Å². The van der Waals surface area contributed by atoms with E-state index in [0.29, 0.717) is 45.4 Å². The van der Waals surface area contributed by atoms with Crippen LogP contribution in [0.3, 0.4) is 0 Å². The minimum atomic E-state index is -2.62. The zero-order valence-electron chi connectivity index (χ0n) is 14.5. The minimum absolute atomic E-state index is 0.270. The molecule has 0 saturated carbocycles. The fraction of sp³-hybridized carbons (Fsp3) is 0.929. The van der Waals surface area contributed by atoms with Gasteiger partial charge in [-0.15, -0.1) is 0 Å². The van der Waals surface area contributed by atoms with Gasteiger partial charge in [0.2, 0.25) is 0 Å². The van der Waals surface area contributed by atoms with Gasteiger partial charge in [0, 0.05) is 39.5 Å². The average Bonchev–Trinajstić information content (AvgIpc) is 2.45. The fourth-order valence-corrected chi connectivity index (χ4v) is 4.60.